The van der Waals surface area contributed by atoms with E-state index in [1.54, 1.807) is 6.26 Å². The Balaban J connectivity index is 2.29. The average molecular weight is 184 g/mol. The fraction of sp³-hybridized carbons (Fsp3) is 0.0769. The van der Waals surface area contributed by atoms with Crippen LogP contribution in [-0.4, -0.2) is 0 Å². The van der Waals surface area contributed by atoms with Gasteiger partial charge < -0.3 is 4.42 Å². The molecule has 0 saturated carbocycles. The molecule has 1 aromatic carbocycles. The molecule has 0 N–H and O–H groups in total. The second-order valence-corrected chi connectivity index (χ2v) is 3.21. The van der Waals surface area contributed by atoms with E-state index < -0.39 is 0 Å². The number of allylic oxidation sites excluding steroid dienone is 1. The second-order valence-electron chi connectivity index (χ2n) is 3.21. The van der Waals surface area contributed by atoms with Crippen molar-refractivity contribution in [2.45, 2.75) is 6.92 Å². The first kappa shape index (κ1) is 8.82. The molecular formula is C13H12O. The van der Waals surface area contributed by atoms with Gasteiger partial charge in [-0.05, 0) is 36.3 Å². The molecule has 1 heteroatoms. The van der Waals surface area contributed by atoms with Crippen LogP contribution in [0.25, 0.3) is 11.6 Å². The summed E-state index contributed by atoms with van der Waals surface area (Å²) in [6, 6.07) is 14.1. The summed E-state index contributed by atoms with van der Waals surface area (Å²) in [5.41, 5.74) is 2.43. The Morgan fingerprint density at radius 1 is 1.07 bits per heavy atom. The van der Waals surface area contributed by atoms with Gasteiger partial charge in [-0.25, -0.2) is 0 Å². The first-order valence-electron chi connectivity index (χ1n) is 4.63. The normalized spacial score (nSPS) is 11.6. The highest BCUT2D eigenvalue weighted by molar-refractivity contribution is 5.78. The number of benzene rings is 1. The first-order chi connectivity index (χ1) is 6.86. The summed E-state index contributed by atoms with van der Waals surface area (Å²) in [5, 5.41) is 0. The van der Waals surface area contributed by atoms with Gasteiger partial charge in [0.15, 0.2) is 0 Å². The average Bonchev–Trinajstić information content (AvgIpc) is 2.72. The minimum Gasteiger partial charge on any atom is -0.465 e. The van der Waals surface area contributed by atoms with Crippen molar-refractivity contribution in [2.75, 3.05) is 0 Å². The Kier molecular flexibility index (Phi) is 2.50. The van der Waals surface area contributed by atoms with E-state index in [1.807, 2.05) is 36.4 Å². The fourth-order valence-corrected chi connectivity index (χ4v) is 1.37. The van der Waals surface area contributed by atoms with Gasteiger partial charge in [0.25, 0.3) is 0 Å². The highest BCUT2D eigenvalue weighted by Gasteiger charge is 1.95. The monoisotopic (exact) mass is 184 g/mol. The highest BCUT2D eigenvalue weighted by Crippen LogP contribution is 2.16. The molecule has 2 rings (SSSR count). The van der Waals surface area contributed by atoms with Crippen LogP contribution in [0, 0.1) is 0 Å². The van der Waals surface area contributed by atoms with E-state index in [0.717, 1.165) is 5.76 Å². The summed E-state index contributed by atoms with van der Waals surface area (Å²) in [4.78, 5) is 0. The van der Waals surface area contributed by atoms with Crippen molar-refractivity contribution in [2.24, 2.45) is 0 Å². The third kappa shape index (κ3) is 1.94. The molecule has 0 spiro atoms. The Morgan fingerprint density at radius 3 is 2.50 bits per heavy atom. The van der Waals surface area contributed by atoms with E-state index in [2.05, 4.69) is 19.1 Å². The SMILES string of the molecule is CC(=Cc1ccco1)c1ccccc1. The number of rotatable bonds is 2. The van der Waals surface area contributed by atoms with Crippen molar-refractivity contribution >= 4 is 11.6 Å². The van der Waals surface area contributed by atoms with E-state index in [9.17, 15) is 0 Å². The number of hydrogen-bond acceptors (Lipinski definition) is 1. The van der Waals surface area contributed by atoms with Gasteiger partial charge in [0, 0.05) is 0 Å². The standard InChI is InChI=1S/C13H12O/c1-11(10-13-8-5-9-14-13)12-6-3-2-4-7-12/h2-10H,1H3. The molecule has 0 unspecified atom stereocenters. The van der Waals surface area contributed by atoms with Crippen molar-refractivity contribution in [3.05, 3.63) is 60.1 Å². The summed E-state index contributed by atoms with van der Waals surface area (Å²) in [5.74, 6) is 0.895. The van der Waals surface area contributed by atoms with Crippen molar-refractivity contribution < 1.29 is 4.42 Å². The van der Waals surface area contributed by atoms with Crippen LogP contribution in [0.2, 0.25) is 0 Å². The molecule has 1 nitrogen and oxygen atoms in total. The predicted molar refractivity (Wildman–Crippen MR) is 58.7 cm³/mol. The van der Waals surface area contributed by atoms with Crippen molar-refractivity contribution in [1.82, 2.24) is 0 Å². The maximum atomic E-state index is 5.25. The lowest BCUT2D eigenvalue weighted by atomic mass is 10.1. The molecule has 1 heterocycles. The Labute approximate surface area is 83.7 Å². The maximum Gasteiger partial charge on any atom is 0.126 e. The molecule has 0 aliphatic carbocycles. The lowest BCUT2D eigenvalue weighted by molar-refractivity contribution is 0.557. The molecule has 0 radical (unpaired) electrons. The molecule has 14 heavy (non-hydrogen) atoms. The first-order valence-corrected chi connectivity index (χ1v) is 4.63. The molecule has 2 aromatic rings. The van der Waals surface area contributed by atoms with E-state index in [4.69, 9.17) is 4.42 Å². The van der Waals surface area contributed by atoms with Crippen LogP contribution in [0.15, 0.2) is 53.1 Å². The van der Waals surface area contributed by atoms with Crippen molar-refractivity contribution in [3.8, 4) is 0 Å². The van der Waals surface area contributed by atoms with Gasteiger partial charge in [0.2, 0.25) is 0 Å². The Morgan fingerprint density at radius 2 is 1.86 bits per heavy atom. The van der Waals surface area contributed by atoms with Gasteiger partial charge in [0.05, 0.1) is 6.26 Å². The molecule has 0 fully saturated rings. The van der Waals surface area contributed by atoms with Crippen molar-refractivity contribution in [3.63, 3.8) is 0 Å². The second kappa shape index (κ2) is 3.97. The highest BCUT2D eigenvalue weighted by atomic mass is 16.3. The van der Waals surface area contributed by atoms with E-state index in [0.29, 0.717) is 0 Å². The Hall–Kier alpha value is -1.76. The topological polar surface area (TPSA) is 13.1 Å². The minimum absolute atomic E-state index is 0.895. The molecule has 0 atom stereocenters. The summed E-state index contributed by atoms with van der Waals surface area (Å²) >= 11 is 0. The van der Waals surface area contributed by atoms with Crippen molar-refractivity contribution in [1.29, 1.82) is 0 Å². The fourth-order valence-electron chi connectivity index (χ4n) is 1.37. The van der Waals surface area contributed by atoms with Crippen LogP contribution in [-0.2, 0) is 0 Å². The van der Waals surface area contributed by atoms with Gasteiger partial charge in [-0.15, -0.1) is 0 Å². The summed E-state index contributed by atoms with van der Waals surface area (Å²) in [7, 11) is 0. The lowest BCUT2D eigenvalue weighted by Gasteiger charge is -1.99. The van der Waals surface area contributed by atoms with E-state index in [1.165, 1.54) is 11.1 Å². The van der Waals surface area contributed by atoms with Gasteiger partial charge in [0.1, 0.15) is 5.76 Å². The van der Waals surface area contributed by atoms with E-state index in [-0.39, 0.29) is 0 Å². The molecule has 0 aliphatic rings. The van der Waals surface area contributed by atoms with Crippen LogP contribution in [0.3, 0.4) is 0 Å². The predicted octanol–water partition coefficient (Wildman–Crippen LogP) is 3.84. The zero-order chi connectivity index (χ0) is 9.80. The summed E-state index contributed by atoms with van der Waals surface area (Å²) in [6.07, 6.45) is 3.72. The third-order valence-electron chi connectivity index (χ3n) is 2.13. The van der Waals surface area contributed by atoms with Crippen LogP contribution in [0.1, 0.15) is 18.2 Å². The third-order valence-corrected chi connectivity index (χ3v) is 2.13. The zero-order valence-electron chi connectivity index (χ0n) is 8.10. The molecule has 70 valence electrons. The summed E-state index contributed by atoms with van der Waals surface area (Å²) < 4.78 is 5.25. The molecular weight excluding hydrogens is 172 g/mol. The van der Waals surface area contributed by atoms with E-state index >= 15 is 0 Å². The quantitative estimate of drug-likeness (QED) is 0.691. The van der Waals surface area contributed by atoms with Gasteiger partial charge >= 0.3 is 0 Å². The van der Waals surface area contributed by atoms with Crippen LogP contribution < -0.4 is 0 Å². The minimum atomic E-state index is 0.895. The molecule has 0 aliphatic heterocycles. The number of hydrogen-bond donors (Lipinski definition) is 0. The number of furan rings is 1. The molecule has 0 bridgehead atoms. The summed E-state index contributed by atoms with van der Waals surface area (Å²) in [6.45, 7) is 2.08. The van der Waals surface area contributed by atoms with Crippen LogP contribution in [0.5, 0.6) is 0 Å². The zero-order valence-corrected chi connectivity index (χ0v) is 8.10. The largest absolute Gasteiger partial charge is 0.465 e. The Bertz CT molecular complexity index is 410. The maximum absolute atomic E-state index is 5.25. The lowest BCUT2D eigenvalue weighted by Crippen LogP contribution is -1.77. The molecule has 1 aromatic heterocycles. The van der Waals surface area contributed by atoms with Gasteiger partial charge in [-0.1, -0.05) is 30.3 Å². The van der Waals surface area contributed by atoms with Crippen LogP contribution in [0.4, 0.5) is 0 Å². The molecule has 0 saturated heterocycles. The smallest absolute Gasteiger partial charge is 0.126 e. The van der Waals surface area contributed by atoms with Gasteiger partial charge in [-0.2, -0.15) is 0 Å². The van der Waals surface area contributed by atoms with Crippen LogP contribution >= 0.6 is 0 Å². The van der Waals surface area contributed by atoms with Gasteiger partial charge in [-0.3, -0.25) is 0 Å². The molecule has 0 amide bonds.